The van der Waals surface area contributed by atoms with E-state index in [9.17, 15) is 4.79 Å². The topological polar surface area (TPSA) is 50.1 Å². The summed E-state index contributed by atoms with van der Waals surface area (Å²) in [4.78, 5) is 10.6. The summed E-state index contributed by atoms with van der Waals surface area (Å²) in [6, 6.07) is 1.77. The predicted molar refractivity (Wildman–Crippen MR) is 40.3 cm³/mol. The Bertz CT molecular complexity index is 223. The summed E-state index contributed by atoms with van der Waals surface area (Å²) in [6.45, 7) is 5.01. The highest BCUT2D eigenvalue weighted by Crippen LogP contribution is 2.02. The van der Waals surface area contributed by atoms with Crippen molar-refractivity contribution in [2.45, 2.75) is 13.3 Å². The number of carbonyl (C=O) groups excluding carboxylic acids is 1. The summed E-state index contributed by atoms with van der Waals surface area (Å²) in [5, 5.41) is 8.21. The lowest BCUT2D eigenvalue weighted by Crippen LogP contribution is -1.98. The molecule has 0 aliphatic rings. The van der Waals surface area contributed by atoms with Crippen LogP contribution in [0.3, 0.4) is 0 Å². The van der Waals surface area contributed by atoms with Gasteiger partial charge in [-0.15, -0.1) is 0 Å². The minimum Gasteiger partial charge on any atom is -0.427 e. The Morgan fingerprint density at radius 2 is 2.45 bits per heavy atom. The monoisotopic (exact) mass is 151 g/mol. The molecule has 58 valence electrons. The van der Waals surface area contributed by atoms with Crippen LogP contribution in [0.4, 0.5) is 0 Å². The Morgan fingerprint density at radius 3 is 2.82 bits per heavy atom. The molecule has 0 saturated heterocycles. The molecule has 0 rings (SSSR count). The van der Waals surface area contributed by atoms with Gasteiger partial charge in [0.15, 0.2) is 0 Å². The van der Waals surface area contributed by atoms with Crippen molar-refractivity contribution in [3.63, 3.8) is 0 Å². The Labute approximate surface area is 65.6 Å². The molecule has 0 aromatic heterocycles. The van der Waals surface area contributed by atoms with Crippen LogP contribution in [0.25, 0.3) is 0 Å². The molecule has 0 spiro atoms. The molecule has 0 N–H and O–H groups in total. The van der Waals surface area contributed by atoms with Crippen molar-refractivity contribution in [1.29, 1.82) is 5.26 Å². The molecule has 11 heavy (non-hydrogen) atoms. The second kappa shape index (κ2) is 5.24. The van der Waals surface area contributed by atoms with Crippen molar-refractivity contribution in [3.8, 4) is 6.07 Å². The lowest BCUT2D eigenvalue weighted by atomic mass is 10.4. The highest BCUT2D eigenvalue weighted by molar-refractivity contribution is 5.82. The Morgan fingerprint density at radius 1 is 1.82 bits per heavy atom. The molecule has 0 aliphatic carbocycles. The predicted octanol–water partition coefficient (Wildman–Crippen LogP) is 1.53. The molecule has 0 atom stereocenters. The van der Waals surface area contributed by atoms with Gasteiger partial charge in [-0.25, -0.2) is 4.79 Å². The molecule has 0 unspecified atom stereocenters. The summed E-state index contributed by atoms with van der Waals surface area (Å²) in [7, 11) is 0. The third kappa shape index (κ3) is 3.93. The molecule has 0 aliphatic heterocycles. The smallest absolute Gasteiger partial charge is 0.335 e. The first-order valence-electron chi connectivity index (χ1n) is 3.17. The van der Waals surface area contributed by atoms with E-state index >= 15 is 0 Å². The zero-order chi connectivity index (χ0) is 8.69. The quantitative estimate of drug-likeness (QED) is 0.266. The van der Waals surface area contributed by atoms with Gasteiger partial charge in [-0.2, -0.15) is 5.26 Å². The fraction of sp³-hybridized carbons (Fsp3) is 0.250. The fourth-order valence-corrected chi connectivity index (χ4v) is 0.447. The van der Waals surface area contributed by atoms with Gasteiger partial charge in [0.25, 0.3) is 0 Å². The molecule has 0 heterocycles. The standard InChI is InChI=1S/C8H9NO2/c1-3-7(5-6-9)11-8(10)4-2/h4-5H,2-3H2,1H3. The van der Waals surface area contributed by atoms with Crippen molar-refractivity contribution < 1.29 is 9.53 Å². The molecular formula is C8H9NO2. The van der Waals surface area contributed by atoms with Crippen LogP contribution in [-0.2, 0) is 9.53 Å². The number of rotatable bonds is 3. The fourth-order valence-electron chi connectivity index (χ4n) is 0.447. The third-order valence-corrected chi connectivity index (χ3v) is 0.972. The van der Waals surface area contributed by atoms with Gasteiger partial charge in [-0.1, -0.05) is 13.5 Å². The van der Waals surface area contributed by atoms with Crippen LogP contribution >= 0.6 is 0 Å². The van der Waals surface area contributed by atoms with E-state index in [1.54, 1.807) is 13.0 Å². The molecule has 0 amide bonds. The minimum atomic E-state index is -0.534. The van der Waals surface area contributed by atoms with Gasteiger partial charge in [0.2, 0.25) is 0 Å². The Balaban J connectivity index is 4.11. The first kappa shape index (κ1) is 9.44. The summed E-state index contributed by atoms with van der Waals surface area (Å²) in [5.74, 6) is -0.175. The second-order valence-corrected chi connectivity index (χ2v) is 1.72. The molecule has 0 fully saturated rings. The normalized spacial score (nSPS) is 10.0. The van der Waals surface area contributed by atoms with E-state index in [1.165, 1.54) is 6.08 Å². The van der Waals surface area contributed by atoms with Gasteiger partial charge in [0, 0.05) is 12.5 Å². The number of esters is 1. The third-order valence-electron chi connectivity index (χ3n) is 0.972. The van der Waals surface area contributed by atoms with Crippen LogP contribution < -0.4 is 0 Å². The van der Waals surface area contributed by atoms with Gasteiger partial charge in [-0.05, 0) is 0 Å². The average molecular weight is 151 g/mol. The lowest BCUT2D eigenvalue weighted by molar-refractivity contribution is -0.133. The van der Waals surface area contributed by atoms with E-state index in [4.69, 9.17) is 5.26 Å². The largest absolute Gasteiger partial charge is 0.427 e. The van der Waals surface area contributed by atoms with Gasteiger partial charge in [0.1, 0.15) is 5.76 Å². The molecule has 0 aromatic carbocycles. The molecule has 3 heteroatoms. The van der Waals surface area contributed by atoms with Gasteiger partial charge in [0.05, 0.1) is 12.1 Å². The van der Waals surface area contributed by atoms with Crippen LogP contribution in [0.1, 0.15) is 13.3 Å². The maximum Gasteiger partial charge on any atom is 0.335 e. The SMILES string of the molecule is C=CC(=O)OC(=CC#N)CC. The second-order valence-electron chi connectivity index (χ2n) is 1.72. The molecule has 0 bridgehead atoms. The van der Waals surface area contributed by atoms with Crippen LogP contribution in [-0.4, -0.2) is 5.97 Å². The Kier molecular flexibility index (Phi) is 4.50. The molecule has 3 nitrogen and oxygen atoms in total. The highest BCUT2D eigenvalue weighted by Gasteiger charge is 1.99. The van der Waals surface area contributed by atoms with Crippen LogP contribution in [0.15, 0.2) is 24.5 Å². The van der Waals surface area contributed by atoms with Crippen LogP contribution in [0, 0.1) is 11.3 Å². The van der Waals surface area contributed by atoms with Crippen molar-refractivity contribution >= 4 is 5.97 Å². The number of hydrogen-bond donors (Lipinski definition) is 0. The van der Waals surface area contributed by atoms with E-state index < -0.39 is 5.97 Å². The Hall–Kier alpha value is -1.56. The van der Waals surface area contributed by atoms with Crippen molar-refractivity contribution in [2.24, 2.45) is 0 Å². The zero-order valence-corrected chi connectivity index (χ0v) is 6.33. The first-order valence-corrected chi connectivity index (χ1v) is 3.17. The van der Waals surface area contributed by atoms with Gasteiger partial charge < -0.3 is 4.74 Å². The number of nitriles is 1. The summed E-state index contributed by atoms with van der Waals surface area (Å²) in [6.07, 6.45) is 2.77. The molecule has 0 radical (unpaired) electrons. The number of nitrogens with zero attached hydrogens (tertiary/aromatic N) is 1. The maximum atomic E-state index is 10.6. The summed E-state index contributed by atoms with van der Waals surface area (Å²) in [5.41, 5.74) is 0. The summed E-state index contributed by atoms with van der Waals surface area (Å²) < 4.78 is 4.67. The van der Waals surface area contributed by atoms with E-state index in [1.807, 2.05) is 0 Å². The maximum absolute atomic E-state index is 10.6. The summed E-state index contributed by atoms with van der Waals surface area (Å²) >= 11 is 0. The highest BCUT2D eigenvalue weighted by atomic mass is 16.5. The van der Waals surface area contributed by atoms with Crippen molar-refractivity contribution in [2.75, 3.05) is 0 Å². The number of carbonyl (C=O) groups is 1. The minimum absolute atomic E-state index is 0.359. The zero-order valence-electron chi connectivity index (χ0n) is 6.33. The van der Waals surface area contributed by atoms with Crippen LogP contribution in [0.2, 0.25) is 0 Å². The first-order chi connectivity index (χ1) is 5.24. The average Bonchev–Trinajstić information content (AvgIpc) is 2.03. The van der Waals surface area contributed by atoms with Crippen LogP contribution in [0.5, 0.6) is 0 Å². The lowest BCUT2D eigenvalue weighted by Gasteiger charge is -2.00. The molecule has 0 aromatic rings. The van der Waals surface area contributed by atoms with Crippen molar-refractivity contribution in [3.05, 3.63) is 24.5 Å². The van der Waals surface area contributed by atoms with E-state index in [0.29, 0.717) is 12.2 Å². The van der Waals surface area contributed by atoms with Gasteiger partial charge in [-0.3, -0.25) is 0 Å². The van der Waals surface area contributed by atoms with E-state index in [0.717, 1.165) is 6.08 Å². The van der Waals surface area contributed by atoms with Crippen molar-refractivity contribution in [1.82, 2.24) is 0 Å². The molecular weight excluding hydrogens is 142 g/mol. The molecule has 0 saturated carbocycles. The number of allylic oxidation sites excluding steroid dienone is 2. The van der Waals surface area contributed by atoms with Gasteiger partial charge >= 0.3 is 5.97 Å². The van der Waals surface area contributed by atoms with E-state index in [-0.39, 0.29) is 0 Å². The number of ether oxygens (including phenoxy) is 1. The van der Waals surface area contributed by atoms with E-state index in [2.05, 4.69) is 11.3 Å². The number of hydrogen-bond acceptors (Lipinski definition) is 3.